The average Bonchev–Trinajstić information content (AvgIpc) is 2.31. The SMILES string of the molecule is CCCCC1C2CCCC(C)C2(C)CCC1(C)C. The lowest BCUT2D eigenvalue weighted by molar-refractivity contribution is -0.0882. The third kappa shape index (κ3) is 2.37. The molecule has 0 heteroatoms. The number of hydrogen-bond acceptors (Lipinski definition) is 0. The fourth-order valence-corrected chi connectivity index (χ4v) is 5.10. The summed E-state index contributed by atoms with van der Waals surface area (Å²) >= 11 is 0. The van der Waals surface area contributed by atoms with Crippen molar-refractivity contribution < 1.29 is 0 Å². The van der Waals surface area contributed by atoms with Gasteiger partial charge in [-0.1, -0.05) is 60.3 Å². The van der Waals surface area contributed by atoms with Crippen molar-refractivity contribution in [2.24, 2.45) is 28.6 Å². The summed E-state index contributed by atoms with van der Waals surface area (Å²) in [4.78, 5) is 0. The molecule has 18 heavy (non-hydrogen) atoms. The van der Waals surface area contributed by atoms with Crippen LogP contribution in [-0.2, 0) is 0 Å². The summed E-state index contributed by atoms with van der Waals surface area (Å²) in [6.45, 7) is 12.6. The minimum atomic E-state index is 0.594. The van der Waals surface area contributed by atoms with E-state index in [0.29, 0.717) is 10.8 Å². The molecule has 0 heterocycles. The normalized spacial score (nSPS) is 43.5. The van der Waals surface area contributed by atoms with E-state index in [1.54, 1.807) is 0 Å². The fraction of sp³-hybridized carbons (Fsp3) is 1.00. The van der Waals surface area contributed by atoms with Gasteiger partial charge in [-0.05, 0) is 54.3 Å². The van der Waals surface area contributed by atoms with Crippen LogP contribution in [0.1, 0.15) is 86.0 Å². The maximum atomic E-state index is 2.62. The van der Waals surface area contributed by atoms with E-state index in [1.807, 2.05) is 0 Å². The maximum Gasteiger partial charge on any atom is -0.0269 e. The molecule has 0 aromatic heterocycles. The summed E-state index contributed by atoms with van der Waals surface area (Å²) in [5.74, 6) is 2.95. The molecule has 106 valence electrons. The summed E-state index contributed by atoms with van der Waals surface area (Å²) < 4.78 is 0. The molecule has 4 atom stereocenters. The summed E-state index contributed by atoms with van der Waals surface area (Å²) in [6, 6.07) is 0. The molecule has 0 nitrogen and oxygen atoms in total. The molecule has 2 aliphatic carbocycles. The minimum absolute atomic E-state index is 0.594. The highest BCUT2D eigenvalue weighted by atomic mass is 14.6. The van der Waals surface area contributed by atoms with Gasteiger partial charge in [0.15, 0.2) is 0 Å². The Morgan fingerprint density at radius 3 is 2.44 bits per heavy atom. The van der Waals surface area contributed by atoms with Crippen LogP contribution in [0, 0.1) is 28.6 Å². The van der Waals surface area contributed by atoms with Gasteiger partial charge in [-0.15, -0.1) is 0 Å². The van der Waals surface area contributed by atoms with E-state index in [4.69, 9.17) is 0 Å². The van der Waals surface area contributed by atoms with Crippen molar-refractivity contribution in [2.75, 3.05) is 0 Å². The first-order valence-corrected chi connectivity index (χ1v) is 8.42. The van der Waals surface area contributed by atoms with Crippen LogP contribution < -0.4 is 0 Å². The molecule has 2 aliphatic rings. The Morgan fingerprint density at radius 2 is 1.78 bits per heavy atom. The van der Waals surface area contributed by atoms with Gasteiger partial charge >= 0.3 is 0 Å². The highest BCUT2D eigenvalue weighted by Crippen LogP contribution is 2.61. The van der Waals surface area contributed by atoms with E-state index in [1.165, 1.54) is 51.4 Å². The lowest BCUT2D eigenvalue weighted by Gasteiger charge is -2.58. The van der Waals surface area contributed by atoms with E-state index < -0.39 is 0 Å². The van der Waals surface area contributed by atoms with Crippen LogP contribution in [0.2, 0.25) is 0 Å². The first-order valence-electron chi connectivity index (χ1n) is 8.42. The van der Waals surface area contributed by atoms with Crippen LogP contribution in [0.15, 0.2) is 0 Å². The molecule has 0 aromatic rings. The van der Waals surface area contributed by atoms with Gasteiger partial charge in [-0.3, -0.25) is 0 Å². The Morgan fingerprint density at radius 1 is 1.06 bits per heavy atom. The van der Waals surface area contributed by atoms with Gasteiger partial charge in [0.2, 0.25) is 0 Å². The zero-order chi connectivity index (χ0) is 13.4. The van der Waals surface area contributed by atoms with Crippen LogP contribution in [0.4, 0.5) is 0 Å². The first kappa shape index (κ1) is 14.4. The zero-order valence-corrected chi connectivity index (χ0v) is 13.4. The van der Waals surface area contributed by atoms with Gasteiger partial charge in [-0.2, -0.15) is 0 Å². The second kappa shape index (κ2) is 5.17. The van der Waals surface area contributed by atoms with E-state index in [9.17, 15) is 0 Å². The van der Waals surface area contributed by atoms with Crippen molar-refractivity contribution in [2.45, 2.75) is 86.0 Å². The van der Waals surface area contributed by atoms with E-state index in [2.05, 4.69) is 34.6 Å². The molecule has 2 fully saturated rings. The van der Waals surface area contributed by atoms with Crippen molar-refractivity contribution in [1.82, 2.24) is 0 Å². The van der Waals surface area contributed by atoms with E-state index in [-0.39, 0.29) is 0 Å². The second-order valence-corrected chi connectivity index (χ2v) is 8.18. The standard InChI is InChI=1S/C18H34/c1-6-7-10-15-16-11-8-9-14(2)18(16,5)13-12-17(15,3)4/h14-16H,6-13H2,1-5H3. The Kier molecular flexibility index (Phi) is 4.14. The molecule has 0 radical (unpaired) electrons. The van der Waals surface area contributed by atoms with Crippen molar-refractivity contribution in [1.29, 1.82) is 0 Å². The summed E-state index contributed by atoms with van der Waals surface area (Å²) in [6.07, 6.45) is 11.7. The highest BCUT2D eigenvalue weighted by Gasteiger charge is 2.52. The molecule has 0 spiro atoms. The van der Waals surface area contributed by atoms with Gasteiger partial charge in [-0.25, -0.2) is 0 Å². The molecule has 2 rings (SSSR count). The molecular formula is C18H34. The van der Waals surface area contributed by atoms with Gasteiger partial charge < -0.3 is 0 Å². The number of hydrogen-bond donors (Lipinski definition) is 0. The Labute approximate surface area is 115 Å². The van der Waals surface area contributed by atoms with Crippen molar-refractivity contribution in [3.05, 3.63) is 0 Å². The van der Waals surface area contributed by atoms with Crippen LogP contribution >= 0.6 is 0 Å². The van der Waals surface area contributed by atoms with Crippen LogP contribution in [0.25, 0.3) is 0 Å². The summed E-state index contributed by atoms with van der Waals surface area (Å²) in [7, 11) is 0. The van der Waals surface area contributed by atoms with E-state index >= 15 is 0 Å². The number of rotatable bonds is 3. The Balaban J connectivity index is 2.21. The van der Waals surface area contributed by atoms with Crippen LogP contribution in [-0.4, -0.2) is 0 Å². The molecule has 2 saturated carbocycles. The maximum absolute atomic E-state index is 2.62. The largest absolute Gasteiger partial charge is 0.0654 e. The number of unbranched alkanes of at least 4 members (excludes halogenated alkanes) is 1. The predicted octanol–water partition coefficient (Wildman–Crippen LogP) is 6.06. The lowest BCUT2D eigenvalue weighted by atomic mass is 9.47. The van der Waals surface area contributed by atoms with Crippen LogP contribution in [0.5, 0.6) is 0 Å². The monoisotopic (exact) mass is 250 g/mol. The van der Waals surface area contributed by atoms with Gasteiger partial charge in [0.25, 0.3) is 0 Å². The van der Waals surface area contributed by atoms with Crippen molar-refractivity contribution in [3.8, 4) is 0 Å². The molecule has 0 aliphatic heterocycles. The fourth-order valence-electron chi connectivity index (χ4n) is 5.10. The quantitative estimate of drug-likeness (QED) is 0.571. The molecular weight excluding hydrogens is 216 g/mol. The van der Waals surface area contributed by atoms with Gasteiger partial charge in [0.1, 0.15) is 0 Å². The molecule has 0 N–H and O–H groups in total. The first-order chi connectivity index (χ1) is 8.42. The number of fused-ring (bicyclic) bond motifs is 1. The topological polar surface area (TPSA) is 0 Å². The smallest absolute Gasteiger partial charge is 0.0269 e. The molecule has 0 saturated heterocycles. The molecule has 4 unspecified atom stereocenters. The second-order valence-electron chi connectivity index (χ2n) is 8.18. The van der Waals surface area contributed by atoms with Crippen LogP contribution in [0.3, 0.4) is 0 Å². The Bertz CT molecular complexity index is 278. The minimum Gasteiger partial charge on any atom is -0.0654 e. The molecule has 0 aromatic carbocycles. The van der Waals surface area contributed by atoms with E-state index in [0.717, 1.165) is 17.8 Å². The molecule has 0 bridgehead atoms. The zero-order valence-electron chi connectivity index (χ0n) is 13.4. The average molecular weight is 250 g/mol. The highest BCUT2D eigenvalue weighted by molar-refractivity contribution is 5.01. The predicted molar refractivity (Wildman–Crippen MR) is 80.6 cm³/mol. The summed E-state index contributed by atoms with van der Waals surface area (Å²) in [5.41, 5.74) is 1.25. The third-order valence-electron chi connectivity index (χ3n) is 6.79. The third-order valence-corrected chi connectivity index (χ3v) is 6.79. The summed E-state index contributed by atoms with van der Waals surface area (Å²) in [5, 5.41) is 0. The van der Waals surface area contributed by atoms with Gasteiger partial charge in [0, 0.05) is 0 Å². The lowest BCUT2D eigenvalue weighted by Crippen LogP contribution is -2.50. The van der Waals surface area contributed by atoms with Crippen molar-refractivity contribution in [3.63, 3.8) is 0 Å². The van der Waals surface area contributed by atoms with Gasteiger partial charge in [0.05, 0.1) is 0 Å². The van der Waals surface area contributed by atoms with Crippen molar-refractivity contribution >= 4 is 0 Å². The molecule has 0 amide bonds. The Hall–Kier alpha value is 0.